The van der Waals surface area contributed by atoms with Crippen LogP contribution in [-0.4, -0.2) is 42.5 Å². The molecule has 0 aromatic heterocycles. The van der Waals surface area contributed by atoms with Gasteiger partial charge in [-0.2, -0.15) is 0 Å². The third-order valence-electron chi connectivity index (χ3n) is 2.36. The van der Waals surface area contributed by atoms with Crippen molar-refractivity contribution in [2.45, 2.75) is 32.5 Å². The van der Waals surface area contributed by atoms with E-state index in [0.717, 1.165) is 0 Å². The summed E-state index contributed by atoms with van der Waals surface area (Å²) in [6.45, 7) is 4.91. The van der Waals surface area contributed by atoms with E-state index in [1.165, 1.54) is 19.2 Å². The smallest absolute Gasteiger partial charge is 0.339 e. The Labute approximate surface area is 123 Å². The van der Waals surface area contributed by atoms with Gasteiger partial charge in [0.05, 0.1) is 12.7 Å². The Kier molecular flexibility index (Phi) is 5.72. The van der Waals surface area contributed by atoms with Crippen molar-refractivity contribution in [3.8, 4) is 5.75 Å². The average Bonchev–Trinajstić information content (AvgIpc) is 2.42. The van der Waals surface area contributed by atoms with Crippen molar-refractivity contribution in [1.82, 2.24) is 0 Å². The van der Waals surface area contributed by atoms with Gasteiger partial charge in [-0.1, -0.05) is 0 Å². The van der Waals surface area contributed by atoms with Crippen LogP contribution >= 0.6 is 0 Å². The van der Waals surface area contributed by atoms with E-state index in [2.05, 4.69) is 4.74 Å². The molecule has 1 rings (SSSR count). The first-order valence-electron chi connectivity index (χ1n) is 6.45. The zero-order valence-electron chi connectivity index (χ0n) is 12.6. The summed E-state index contributed by atoms with van der Waals surface area (Å²) in [5.41, 5.74) is -0.280. The fraction of sp³-hybridized carbons (Fsp3) is 0.467. The van der Waals surface area contributed by atoms with Gasteiger partial charge in [-0.15, -0.1) is 0 Å². The molecule has 1 atom stereocenters. The second-order valence-corrected chi connectivity index (χ2v) is 5.38. The van der Waals surface area contributed by atoms with Gasteiger partial charge in [-0.3, -0.25) is 0 Å². The van der Waals surface area contributed by atoms with Crippen molar-refractivity contribution in [1.29, 1.82) is 0 Å². The van der Waals surface area contributed by atoms with E-state index >= 15 is 0 Å². The van der Waals surface area contributed by atoms with Crippen LogP contribution in [0.1, 0.15) is 31.1 Å². The summed E-state index contributed by atoms with van der Waals surface area (Å²) in [5, 5.41) is 9.65. The van der Waals surface area contributed by atoms with E-state index in [-0.39, 0.29) is 6.61 Å². The number of benzene rings is 1. The summed E-state index contributed by atoms with van der Waals surface area (Å²) in [6, 6.07) is 6.16. The molecule has 0 aliphatic carbocycles. The molecule has 0 unspecified atom stereocenters. The third-order valence-corrected chi connectivity index (χ3v) is 2.36. The lowest BCUT2D eigenvalue weighted by atomic mass is 10.2. The highest BCUT2D eigenvalue weighted by molar-refractivity contribution is 5.89. The fourth-order valence-electron chi connectivity index (χ4n) is 1.42. The molecule has 0 saturated carbocycles. The van der Waals surface area contributed by atoms with E-state index in [4.69, 9.17) is 9.47 Å². The molecular formula is C15H20O6. The molecule has 0 radical (unpaired) electrons. The minimum absolute atomic E-state index is 0.230. The van der Waals surface area contributed by atoms with Crippen LogP contribution < -0.4 is 4.74 Å². The van der Waals surface area contributed by atoms with Crippen LogP contribution in [0, 0.1) is 0 Å². The number of aliphatic hydroxyl groups excluding tert-OH is 1. The molecule has 1 N–H and O–H groups in total. The molecule has 21 heavy (non-hydrogen) atoms. The zero-order chi connectivity index (χ0) is 16.0. The Bertz CT molecular complexity index is 486. The molecule has 1 aromatic carbocycles. The molecule has 0 saturated heterocycles. The third kappa shape index (κ3) is 5.83. The molecule has 0 spiro atoms. The minimum Gasteiger partial charge on any atom is -0.490 e. The van der Waals surface area contributed by atoms with Crippen LogP contribution in [0.3, 0.4) is 0 Å². The van der Waals surface area contributed by atoms with Gasteiger partial charge < -0.3 is 19.3 Å². The summed E-state index contributed by atoms with van der Waals surface area (Å²) in [6.07, 6.45) is -1.37. The standard InChI is InChI=1S/C15H20O6/c1-15(2,3)21-14(18)12(16)9-20-11-7-5-10(6-8-11)13(17)19-4/h5-8,12,16H,9H2,1-4H3/t12-/m1/s1. The van der Waals surface area contributed by atoms with Crippen LogP contribution in [-0.2, 0) is 14.3 Å². The number of hydrogen-bond acceptors (Lipinski definition) is 6. The first-order valence-corrected chi connectivity index (χ1v) is 6.45. The lowest BCUT2D eigenvalue weighted by molar-refractivity contribution is -0.166. The summed E-state index contributed by atoms with van der Waals surface area (Å²) in [7, 11) is 1.30. The average molecular weight is 296 g/mol. The van der Waals surface area contributed by atoms with Crippen molar-refractivity contribution < 1.29 is 28.9 Å². The highest BCUT2D eigenvalue weighted by Crippen LogP contribution is 2.14. The maximum absolute atomic E-state index is 11.5. The monoisotopic (exact) mass is 296 g/mol. The van der Waals surface area contributed by atoms with Crippen LogP contribution in [0.15, 0.2) is 24.3 Å². The maximum atomic E-state index is 11.5. The SMILES string of the molecule is COC(=O)c1ccc(OC[C@@H](O)C(=O)OC(C)(C)C)cc1. The topological polar surface area (TPSA) is 82.1 Å². The molecule has 116 valence electrons. The first kappa shape index (κ1) is 17.0. The van der Waals surface area contributed by atoms with Gasteiger partial charge in [0.1, 0.15) is 18.0 Å². The van der Waals surface area contributed by atoms with E-state index in [1.807, 2.05) is 0 Å². The lowest BCUT2D eigenvalue weighted by Gasteiger charge is -2.21. The molecular weight excluding hydrogens is 276 g/mol. The van der Waals surface area contributed by atoms with Gasteiger partial charge in [0.2, 0.25) is 0 Å². The van der Waals surface area contributed by atoms with Crippen molar-refractivity contribution >= 4 is 11.9 Å². The van der Waals surface area contributed by atoms with Gasteiger partial charge in [-0.05, 0) is 45.0 Å². The minimum atomic E-state index is -1.37. The van der Waals surface area contributed by atoms with Crippen LogP contribution in [0.25, 0.3) is 0 Å². The Hall–Kier alpha value is -2.08. The van der Waals surface area contributed by atoms with E-state index < -0.39 is 23.6 Å². The molecule has 1 aromatic rings. The molecule has 6 heteroatoms. The second kappa shape index (κ2) is 7.08. The number of rotatable bonds is 5. The molecule has 0 bridgehead atoms. The van der Waals surface area contributed by atoms with E-state index in [9.17, 15) is 14.7 Å². The quantitative estimate of drug-likeness (QED) is 0.830. The highest BCUT2D eigenvalue weighted by Gasteiger charge is 2.23. The Morgan fingerprint density at radius 2 is 1.76 bits per heavy atom. The number of carbonyl (C=O) groups excluding carboxylic acids is 2. The van der Waals surface area contributed by atoms with Gasteiger partial charge >= 0.3 is 11.9 Å². The normalized spacial score (nSPS) is 12.4. The Morgan fingerprint density at radius 3 is 2.24 bits per heavy atom. The van der Waals surface area contributed by atoms with Crippen molar-refractivity contribution in [2.24, 2.45) is 0 Å². The maximum Gasteiger partial charge on any atom is 0.339 e. The van der Waals surface area contributed by atoms with Crippen LogP contribution in [0.2, 0.25) is 0 Å². The van der Waals surface area contributed by atoms with Crippen LogP contribution in [0.5, 0.6) is 5.75 Å². The predicted octanol–water partition coefficient (Wildman–Crippen LogP) is 1.55. The van der Waals surface area contributed by atoms with Crippen LogP contribution in [0.4, 0.5) is 0 Å². The number of ether oxygens (including phenoxy) is 3. The number of methoxy groups -OCH3 is 1. The zero-order valence-corrected chi connectivity index (χ0v) is 12.6. The number of aliphatic hydroxyl groups is 1. The predicted molar refractivity (Wildman–Crippen MR) is 75.1 cm³/mol. The Balaban J connectivity index is 2.51. The van der Waals surface area contributed by atoms with Gasteiger partial charge in [0, 0.05) is 0 Å². The molecule has 0 amide bonds. The molecule has 6 nitrogen and oxygen atoms in total. The number of carbonyl (C=O) groups is 2. The van der Waals surface area contributed by atoms with Gasteiger partial charge in [-0.25, -0.2) is 9.59 Å². The van der Waals surface area contributed by atoms with Gasteiger partial charge in [0.25, 0.3) is 0 Å². The summed E-state index contributed by atoms with van der Waals surface area (Å²) >= 11 is 0. The van der Waals surface area contributed by atoms with Crippen molar-refractivity contribution in [2.75, 3.05) is 13.7 Å². The lowest BCUT2D eigenvalue weighted by Crippen LogP contribution is -2.35. The second-order valence-electron chi connectivity index (χ2n) is 5.38. The van der Waals surface area contributed by atoms with E-state index in [1.54, 1.807) is 32.9 Å². The highest BCUT2D eigenvalue weighted by atomic mass is 16.6. The van der Waals surface area contributed by atoms with Gasteiger partial charge in [0.15, 0.2) is 6.10 Å². The number of esters is 2. The van der Waals surface area contributed by atoms with E-state index in [0.29, 0.717) is 11.3 Å². The molecule has 0 heterocycles. The molecule has 0 aliphatic heterocycles. The molecule has 0 fully saturated rings. The summed E-state index contributed by atoms with van der Waals surface area (Å²) in [5.74, 6) is -0.769. The largest absolute Gasteiger partial charge is 0.490 e. The fourth-order valence-corrected chi connectivity index (χ4v) is 1.42. The van der Waals surface area contributed by atoms with Crippen molar-refractivity contribution in [3.05, 3.63) is 29.8 Å². The first-order chi connectivity index (χ1) is 9.73. The Morgan fingerprint density at radius 1 is 1.19 bits per heavy atom. The number of hydrogen-bond donors (Lipinski definition) is 1. The molecule has 0 aliphatic rings. The summed E-state index contributed by atoms with van der Waals surface area (Å²) < 4.78 is 14.9. The summed E-state index contributed by atoms with van der Waals surface area (Å²) in [4.78, 5) is 22.8. The van der Waals surface area contributed by atoms with Crippen molar-refractivity contribution in [3.63, 3.8) is 0 Å².